The maximum Gasteiger partial charge on any atom is 0.276 e. The molecule has 0 aromatic carbocycles. The zero-order valence-electron chi connectivity index (χ0n) is 9.03. The van der Waals surface area contributed by atoms with Gasteiger partial charge in [0.05, 0.1) is 6.33 Å². The topological polar surface area (TPSA) is 101 Å². The van der Waals surface area contributed by atoms with Crippen molar-refractivity contribution in [1.29, 1.82) is 0 Å². The summed E-state index contributed by atoms with van der Waals surface area (Å²) in [4.78, 5) is 19.5. The van der Waals surface area contributed by atoms with E-state index in [1.165, 1.54) is 6.33 Å². The Morgan fingerprint density at radius 3 is 2.93 bits per heavy atom. The molecule has 1 aromatic heterocycles. The first kappa shape index (κ1) is 11.5. The average molecular weight is 211 g/mol. The van der Waals surface area contributed by atoms with Crippen molar-refractivity contribution in [1.82, 2.24) is 9.97 Å². The second-order valence-electron chi connectivity index (χ2n) is 3.66. The third kappa shape index (κ3) is 2.95. The van der Waals surface area contributed by atoms with Crippen LogP contribution in [0.15, 0.2) is 11.1 Å². The molecule has 0 aliphatic rings. The summed E-state index contributed by atoms with van der Waals surface area (Å²) < 4.78 is 0. The Balaban J connectivity index is 2.78. The molecule has 15 heavy (non-hydrogen) atoms. The molecule has 6 heteroatoms. The van der Waals surface area contributed by atoms with Crippen molar-refractivity contribution >= 4 is 11.5 Å². The number of nitrogens with zero attached hydrogens (tertiary/aromatic N) is 2. The lowest BCUT2D eigenvalue weighted by atomic mass is 10.2. The number of nitrogens with two attached hydrogens (primary N) is 2. The fraction of sp³-hybridized carbons (Fsp3) is 0.556. The van der Waals surface area contributed by atoms with Gasteiger partial charge in [-0.1, -0.05) is 0 Å². The van der Waals surface area contributed by atoms with Gasteiger partial charge in [0, 0.05) is 19.6 Å². The van der Waals surface area contributed by atoms with E-state index in [-0.39, 0.29) is 17.3 Å². The van der Waals surface area contributed by atoms with E-state index in [9.17, 15) is 4.79 Å². The highest BCUT2D eigenvalue weighted by Crippen LogP contribution is 2.13. The lowest BCUT2D eigenvalue weighted by molar-refractivity contribution is 0.656. The van der Waals surface area contributed by atoms with E-state index in [0.717, 1.165) is 13.0 Å². The third-order valence-corrected chi connectivity index (χ3v) is 2.15. The van der Waals surface area contributed by atoms with Crippen LogP contribution in [-0.4, -0.2) is 29.6 Å². The van der Waals surface area contributed by atoms with Gasteiger partial charge >= 0.3 is 0 Å². The number of hydrogen-bond acceptors (Lipinski definition) is 5. The second kappa shape index (κ2) is 4.79. The van der Waals surface area contributed by atoms with Crippen LogP contribution in [0.5, 0.6) is 0 Å². The highest BCUT2D eigenvalue weighted by atomic mass is 16.1. The van der Waals surface area contributed by atoms with Crippen molar-refractivity contribution in [2.45, 2.75) is 19.4 Å². The molecule has 1 atom stereocenters. The van der Waals surface area contributed by atoms with Crippen molar-refractivity contribution in [2.75, 3.05) is 24.2 Å². The number of rotatable bonds is 4. The maximum atomic E-state index is 11.2. The quantitative estimate of drug-likeness (QED) is 0.624. The van der Waals surface area contributed by atoms with E-state index in [1.807, 2.05) is 18.9 Å². The minimum atomic E-state index is -0.312. The summed E-state index contributed by atoms with van der Waals surface area (Å²) >= 11 is 0. The van der Waals surface area contributed by atoms with Gasteiger partial charge in [0.25, 0.3) is 5.56 Å². The first-order valence-electron chi connectivity index (χ1n) is 4.82. The molecule has 1 rings (SSSR count). The first-order chi connectivity index (χ1) is 7.02. The Morgan fingerprint density at radius 1 is 1.67 bits per heavy atom. The van der Waals surface area contributed by atoms with E-state index >= 15 is 0 Å². The molecule has 1 aromatic rings. The largest absolute Gasteiger partial charge is 0.391 e. The summed E-state index contributed by atoms with van der Waals surface area (Å²) in [6.45, 7) is 2.65. The van der Waals surface area contributed by atoms with Gasteiger partial charge in [-0.15, -0.1) is 0 Å². The van der Waals surface area contributed by atoms with E-state index in [4.69, 9.17) is 11.5 Å². The van der Waals surface area contributed by atoms with Crippen LogP contribution in [0, 0.1) is 0 Å². The van der Waals surface area contributed by atoms with E-state index in [1.54, 1.807) is 0 Å². The predicted molar refractivity (Wildman–Crippen MR) is 60.8 cm³/mol. The first-order valence-corrected chi connectivity index (χ1v) is 4.82. The third-order valence-electron chi connectivity index (χ3n) is 2.15. The van der Waals surface area contributed by atoms with Crippen LogP contribution in [-0.2, 0) is 0 Å². The SMILES string of the molecule is CC(N)CCN(C)c1nc[nH]c(=O)c1N. The molecule has 1 unspecified atom stereocenters. The van der Waals surface area contributed by atoms with E-state index in [0.29, 0.717) is 5.82 Å². The monoisotopic (exact) mass is 211 g/mol. The fourth-order valence-electron chi connectivity index (χ4n) is 1.21. The fourth-order valence-corrected chi connectivity index (χ4v) is 1.21. The molecular weight excluding hydrogens is 194 g/mol. The molecule has 0 bridgehead atoms. The lowest BCUT2D eigenvalue weighted by Gasteiger charge is -2.19. The maximum absolute atomic E-state index is 11.2. The molecule has 0 aliphatic carbocycles. The number of aromatic amines is 1. The van der Waals surface area contributed by atoms with Gasteiger partial charge in [-0.25, -0.2) is 4.98 Å². The van der Waals surface area contributed by atoms with Crippen molar-refractivity contribution in [3.8, 4) is 0 Å². The zero-order chi connectivity index (χ0) is 11.4. The van der Waals surface area contributed by atoms with Gasteiger partial charge < -0.3 is 21.4 Å². The molecule has 0 aliphatic heterocycles. The van der Waals surface area contributed by atoms with Crippen LogP contribution in [0.25, 0.3) is 0 Å². The highest BCUT2D eigenvalue weighted by Gasteiger charge is 2.09. The average Bonchev–Trinajstić information content (AvgIpc) is 2.18. The van der Waals surface area contributed by atoms with Gasteiger partial charge in [0.2, 0.25) is 0 Å². The number of hydrogen-bond donors (Lipinski definition) is 3. The number of anilines is 2. The molecule has 0 fully saturated rings. The van der Waals surface area contributed by atoms with Crippen LogP contribution < -0.4 is 21.9 Å². The lowest BCUT2D eigenvalue weighted by Crippen LogP contribution is -2.28. The Kier molecular flexibility index (Phi) is 3.68. The summed E-state index contributed by atoms with van der Waals surface area (Å²) in [5, 5.41) is 0. The molecule has 84 valence electrons. The van der Waals surface area contributed by atoms with Crippen LogP contribution in [0.4, 0.5) is 11.5 Å². The minimum absolute atomic E-state index is 0.121. The summed E-state index contributed by atoms with van der Waals surface area (Å²) in [7, 11) is 1.83. The van der Waals surface area contributed by atoms with E-state index in [2.05, 4.69) is 9.97 Å². The summed E-state index contributed by atoms with van der Waals surface area (Å²) in [6.07, 6.45) is 2.17. The van der Waals surface area contributed by atoms with Gasteiger partial charge in [0.1, 0.15) is 5.69 Å². The van der Waals surface area contributed by atoms with Gasteiger partial charge in [-0.05, 0) is 13.3 Å². The molecular formula is C9H17N5O. The van der Waals surface area contributed by atoms with Gasteiger partial charge in [-0.3, -0.25) is 4.79 Å². The normalized spacial score (nSPS) is 12.5. The Bertz CT molecular complexity index is 373. The zero-order valence-corrected chi connectivity index (χ0v) is 9.03. The smallest absolute Gasteiger partial charge is 0.276 e. The number of aromatic nitrogens is 2. The Labute approximate surface area is 88.3 Å². The van der Waals surface area contributed by atoms with Crippen molar-refractivity contribution in [3.63, 3.8) is 0 Å². The molecule has 0 radical (unpaired) electrons. The Hall–Kier alpha value is -1.56. The van der Waals surface area contributed by atoms with Gasteiger partial charge in [0.15, 0.2) is 5.82 Å². The number of H-pyrrole nitrogens is 1. The molecule has 0 spiro atoms. The molecule has 0 amide bonds. The van der Waals surface area contributed by atoms with Crippen molar-refractivity contribution in [3.05, 3.63) is 16.7 Å². The standard InChI is InChI=1S/C9H17N5O/c1-6(10)3-4-14(2)8-7(11)9(15)13-5-12-8/h5-6H,3-4,10-11H2,1-2H3,(H,12,13,15). The van der Waals surface area contributed by atoms with Crippen LogP contribution in [0.3, 0.4) is 0 Å². The van der Waals surface area contributed by atoms with Crippen LogP contribution >= 0.6 is 0 Å². The van der Waals surface area contributed by atoms with Gasteiger partial charge in [-0.2, -0.15) is 0 Å². The minimum Gasteiger partial charge on any atom is -0.391 e. The number of nitrogens with one attached hydrogen (secondary N) is 1. The Morgan fingerprint density at radius 2 is 2.33 bits per heavy atom. The summed E-state index contributed by atoms with van der Waals surface area (Å²) in [5.74, 6) is 0.499. The summed E-state index contributed by atoms with van der Waals surface area (Å²) in [5.41, 5.74) is 11.1. The highest BCUT2D eigenvalue weighted by molar-refractivity contribution is 5.60. The molecule has 0 saturated carbocycles. The van der Waals surface area contributed by atoms with Crippen LogP contribution in [0.2, 0.25) is 0 Å². The van der Waals surface area contributed by atoms with Crippen molar-refractivity contribution < 1.29 is 0 Å². The van der Waals surface area contributed by atoms with Crippen molar-refractivity contribution in [2.24, 2.45) is 5.73 Å². The molecule has 1 heterocycles. The van der Waals surface area contributed by atoms with Crippen LogP contribution in [0.1, 0.15) is 13.3 Å². The summed E-state index contributed by atoms with van der Waals surface area (Å²) in [6, 6.07) is 0.121. The molecule has 0 saturated heterocycles. The molecule has 5 N–H and O–H groups in total. The predicted octanol–water partition coefficient (Wildman–Crippen LogP) is -0.474. The second-order valence-corrected chi connectivity index (χ2v) is 3.66. The van der Waals surface area contributed by atoms with E-state index < -0.39 is 0 Å². The molecule has 6 nitrogen and oxygen atoms in total. The number of nitrogen functional groups attached to an aromatic ring is 1.